The van der Waals surface area contributed by atoms with Crippen LogP contribution >= 0.6 is 11.8 Å². The highest BCUT2D eigenvalue weighted by Crippen LogP contribution is 2.36. The van der Waals surface area contributed by atoms with Crippen LogP contribution in [-0.2, 0) is 12.2 Å². The van der Waals surface area contributed by atoms with Crippen molar-refractivity contribution in [1.82, 2.24) is 9.97 Å². The lowest BCUT2D eigenvalue weighted by atomic mass is 10.2. The molecule has 2 aromatic carbocycles. The quantitative estimate of drug-likeness (QED) is 0.238. The highest BCUT2D eigenvalue weighted by Gasteiger charge is 2.15. The molecule has 0 saturated carbocycles. The summed E-state index contributed by atoms with van der Waals surface area (Å²) in [5.74, 6) is 2.84. The molecular formula is C20H17N3O5S. The van der Waals surface area contributed by atoms with E-state index in [9.17, 15) is 10.1 Å². The number of rotatable bonds is 7. The second-order valence-corrected chi connectivity index (χ2v) is 7.11. The van der Waals surface area contributed by atoms with E-state index in [-0.39, 0.29) is 12.5 Å². The van der Waals surface area contributed by atoms with Gasteiger partial charge in [0.2, 0.25) is 12.7 Å². The van der Waals surface area contributed by atoms with Crippen LogP contribution in [0.4, 0.5) is 5.69 Å². The van der Waals surface area contributed by atoms with Crippen LogP contribution in [0, 0.1) is 10.1 Å². The molecule has 8 nitrogen and oxygen atoms in total. The van der Waals surface area contributed by atoms with E-state index in [4.69, 9.17) is 14.2 Å². The van der Waals surface area contributed by atoms with E-state index < -0.39 is 4.92 Å². The highest BCUT2D eigenvalue weighted by molar-refractivity contribution is 7.98. The van der Waals surface area contributed by atoms with Crippen LogP contribution < -0.4 is 14.2 Å². The Morgan fingerprint density at radius 2 is 2.00 bits per heavy atom. The van der Waals surface area contributed by atoms with Gasteiger partial charge < -0.3 is 14.2 Å². The Morgan fingerprint density at radius 3 is 2.83 bits per heavy atom. The van der Waals surface area contributed by atoms with Crippen LogP contribution in [0.3, 0.4) is 0 Å². The summed E-state index contributed by atoms with van der Waals surface area (Å²) in [5.41, 5.74) is 1.74. The topological polar surface area (TPSA) is 96.6 Å². The summed E-state index contributed by atoms with van der Waals surface area (Å²) in [5, 5.41) is 11.5. The first-order valence-corrected chi connectivity index (χ1v) is 9.91. The molecule has 4 rings (SSSR count). The number of hydrogen-bond donors (Lipinski definition) is 0. The van der Waals surface area contributed by atoms with E-state index in [1.165, 1.54) is 17.8 Å². The molecule has 0 bridgehead atoms. The minimum atomic E-state index is -0.403. The van der Waals surface area contributed by atoms with Crippen molar-refractivity contribution in [2.45, 2.75) is 24.3 Å². The minimum Gasteiger partial charge on any atom is -0.454 e. The lowest BCUT2D eigenvalue weighted by Crippen LogP contribution is -1.97. The van der Waals surface area contributed by atoms with Crippen LogP contribution in [0.15, 0.2) is 53.7 Å². The predicted molar refractivity (Wildman–Crippen MR) is 107 cm³/mol. The molecule has 2 heterocycles. The maximum absolute atomic E-state index is 10.9. The monoisotopic (exact) mass is 411 g/mol. The van der Waals surface area contributed by atoms with Crippen LogP contribution in [-0.4, -0.2) is 21.7 Å². The van der Waals surface area contributed by atoms with E-state index >= 15 is 0 Å². The Labute approximate surface area is 171 Å². The average molecular weight is 411 g/mol. The molecule has 0 unspecified atom stereocenters. The van der Waals surface area contributed by atoms with Gasteiger partial charge >= 0.3 is 0 Å². The normalized spacial score (nSPS) is 12.0. The summed E-state index contributed by atoms with van der Waals surface area (Å²) in [4.78, 5) is 19.5. The van der Waals surface area contributed by atoms with E-state index in [1.807, 2.05) is 13.0 Å². The van der Waals surface area contributed by atoms with E-state index in [1.54, 1.807) is 36.4 Å². The number of ether oxygens (including phenoxy) is 3. The van der Waals surface area contributed by atoms with Gasteiger partial charge in [0.1, 0.15) is 5.75 Å². The molecule has 0 atom stereocenters. The standard InChI is InChI=1S/C20H17N3O5S/c1-2-14-9-19(28-16-6-7-17-18(10-16)27-12-26-17)22-20(21-14)29-11-13-4-3-5-15(8-13)23(24)25/h3-10H,2,11-12H2,1H3. The van der Waals surface area contributed by atoms with Crippen molar-refractivity contribution in [3.63, 3.8) is 0 Å². The molecule has 0 amide bonds. The molecule has 9 heteroatoms. The zero-order chi connectivity index (χ0) is 20.2. The minimum absolute atomic E-state index is 0.0677. The summed E-state index contributed by atoms with van der Waals surface area (Å²) < 4.78 is 16.6. The number of non-ortho nitro benzene ring substituents is 1. The number of nitrogens with zero attached hydrogens (tertiary/aromatic N) is 3. The molecule has 3 aromatic rings. The van der Waals surface area contributed by atoms with E-state index in [2.05, 4.69) is 9.97 Å². The molecule has 1 aliphatic heterocycles. The van der Waals surface area contributed by atoms with Crippen LogP contribution in [0.2, 0.25) is 0 Å². The first-order chi connectivity index (χ1) is 14.1. The molecule has 1 aliphatic rings. The number of nitro groups is 1. The molecule has 0 N–H and O–H groups in total. The van der Waals surface area contributed by atoms with Crippen molar-refractivity contribution in [3.05, 3.63) is 69.9 Å². The smallest absolute Gasteiger partial charge is 0.269 e. The van der Waals surface area contributed by atoms with Gasteiger partial charge in [0, 0.05) is 35.7 Å². The van der Waals surface area contributed by atoms with Crippen molar-refractivity contribution in [2.24, 2.45) is 0 Å². The van der Waals surface area contributed by atoms with Crippen molar-refractivity contribution < 1.29 is 19.1 Å². The maximum atomic E-state index is 10.9. The van der Waals surface area contributed by atoms with E-state index in [0.717, 1.165) is 17.7 Å². The largest absolute Gasteiger partial charge is 0.454 e. The highest BCUT2D eigenvalue weighted by atomic mass is 32.2. The third kappa shape index (κ3) is 4.57. The van der Waals surface area contributed by atoms with Gasteiger partial charge in [-0.25, -0.2) is 4.98 Å². The molecule has 29 heavy (non-hydrogen) atoms. The summed E-state index contributed by atoms with van der Waals surface area (Å²) >= 11 is 1.40. The van der Waals surface area contributed by atoms with E-state index in [0.29, 0.717) is 34.0 Å². The Morgan fingerprint density at radius 1 is 1.14 bits per heavy atom. The van der Waals surface area contributed by atoms with Gasteiger partial charge in [0.25, 0.3) is 5.69 Å². The SMILES string of the molecule is CCc1cc(Oc2ccc3c(c2)OCO3)nc(SCc2cccc([N+](=O)[O-])c2)n1. The fraction of sp³-hybridized carbons (Fsp3) is 0.200. The molecule has 148 valence electrons. The number of hydrogen-bond acceptors (Lipinski definition) is 8. The molecule has 0 spiro atoms. The Balaban J connectivity index is 1.51. The van der Waals surface area contributed by atoms with Gasteiger partial charge in [-0.3, -0.25) is 10.1 Å². The van der Waals surface area contributed by atoms with Gasteiger partial charge in [-0.05, 0) is 24.1 Å². The fourth-order valence-electron chi connectivity index (χ4n) is 2.72. The summed E-state index contributed by atoms with van der Waals surface area (Å²) in [6, 6.07) is 13.7. The van der Waals surface area contributed by atoms with Crippen LogP contribution in [0.1, 0.15) is 18.2 Å². The Hall–Kier alpha value is -3.33. The van der Waals surface area contributed by atoms with Crippen molar-refractivity contribution in [1.29, 1.82) is 0 Å². The molecule has 0 radical (unpaired) electrons. The molecule has 1 aromatic heterocycles. The van der Waals surface area contributed by atoms with Crippen molar-refractivity contribution in [3.8, 4) is 23.1 Å². The third-order valence-electron chi connectivity index (χ3n) is 4.15. The van der Waals surface area contributed by atoms with Gasteiger partial charge in [-0.2, -0.15) is 4.98 Å². The third-order valence-corrected chi connectivity index (χ3v) is 5.07. The first-order valence-electron chi connectivity index (χ1n) is 8.92. The molecular weight excluding hydrogens is 394 g/mol. The van der Waals surface area contributed by atoms with Gasteiger partial charge in [0.05, 0.1) is 4.92 Å². The average Bonchev–Trinajstić information content (AvgIpc) is 3.20. The zero-order valence-electron chi connectivity index (χ0n) is 15.5. The number of aryl methyl sites for hydroxylation is 1. The number of fused-ring (bicyclic) bond motifs is 1. The fourth-order valence-corrected chi connectivity index (χ4v) is 3.53. The summed E-state index contributed by atoms with van der Waals surface area (Å²) in [6.07, 6.45) is 0.727. The number of nitro benzene ring substituents is 1. The second kappa shape index (κ2) is 8.36. The number of aromatic nitrogens is 2. The molecule has 0 saturated heterocycles. The predicted octanol–water partition coefficient (Wildman–Crippen LogP) is 4.76. The lowest BCUT2D eigenvalue weighted by molar-refractivity contribution is -0.384. The van der Waals surface area contributed by atoms with Crippen LogP contribution in [0.5, 0.6) is 23.1 Å². The van der Waals surface area contributed by atoms with Crippen molar-refractivity contribution >= 4 is 17.4 Å². The van der Waals surface area contributed by atoms with Gasteiger partial charge in [-0.15, -0.1) is 0 Å². The Bertz CT molecular complexity index is 1060. The Kier molecular flexibility index (Phi) is 5.48. The molecule has 0 fully saturated rings. The summed E-state index contributed by atoms with van der Waals surface area (Å²) in [7, 11) is 0. The van der Waals surface area contributed by atoms with Crippen LogP contribution in [0.25, 0.3) is 0 Å². The first kappa shape index (κ1) is 19.0. The van der Waals surface area contributed by atoms with Gasteiger partial charge in [-0.1, -0.05) is 30.8 Å². The number of benzene rings is 2. The lowest BCUT2D eigenvalue weighted by Gasteiger charge is -2.09. The van der Waals surface area contributed by atoms with Crippen molar-refractivity contribution in [2.75, 3.05) is 6.79 Å². The number of thioether (sulfide) groups is 1. The van der Waals surface area contributed by atoms with Gasteiger partial charge in [0.15, 0.2) is 16.7 Å². The second-order valence-electron chi connectivity index (χ2n) is 6.17. The maximum Gasteiger partial charge on any atom is 0.269 e. The summed E-state index contributed by atoms with van der Waals surface area (Å²) in [6.45, 7) is 2.20. The molecule has 0 aliphatic carbocycles. The zero-order valence-corrected chi connectivity index (χ0v) is 16.3.